The summed E-state index contributed by atoms with van der Waals surface area (Å²) in [5.74, 6) is 0.110. The van der Waals surface area contributed by atoms with E-state index in [9.17, 15) is 10.1 Å². The molecule has 0 aliphatic carbocycles. The number of hydrogen-bond donors (Lipinski definition) is 1. The number of nitro groups is 1. The molecule has 1 rings (SSSR count). The third-order valence-electron chi connectivity index (χ3n) is 3.09. The molecular formula is C12H17BrN2O2. The summed E-state index contributed by atoms with van der Waals surface area (Å²) in [6.07, 6.45) is 0.935. The molecule has 5 heteroatoms. The molecular weight excluding hydrogens is 284 g/mol. The standard InChI is InChI=1S/C12H17BrN2O2/c1-4-11(14-3)8(2)10-6-5-9(13)7-12(10)15(16)17/h5-8,11,14H,4H2,1-3H3. The molecule has 0 amide bonds. The molecule has 1 N–H and O–H groups in total. The monoisotopic (exact) mass is 300 g/mol. The first-order valence-electron chi connectivity index (χ1n) is 5.62. The maximum atomic E-state index is 11.0. The van der Waals surface area contributed by atoms with E-state index in [0.29, 0.717) is 0 Å². The minimum atomic E-state index is -0.320. The number of hydrogen-bond acceptors (Lipinski definition) is 3. The minimum absolute atomic E-state index is 0.110. The van der Waals surface area contributed by atoms with Gasteiger partial charge in [0.25, 0.3) is 5.69 Å². The zero-order valence-electron chi connectivity index (χ0n) is 10.2. The van der Waals surface area contributed by atoms with Gasteiger partial charge in [-0.2, -0.15) is 0 Å². The van der Waals surface area contributed by atoms with E-state index in [0.717, 1.165) is 16.5 Å². The van der Waals surface area contributed by atoms with Crippen molar-refractivity contribution in [1.29, 1.82) is 0 Å². The number of benzene rings is 1. The Kier molecular flexibility index (Phi) is 5.08. The number of rotatable bonds is 5. The van der Waals surface area contributed by atoms with Crippen molar-refractivity contribution < 1.29 is 4.92 Å². The highest BCUT2D eigenvalue weighted by atomic mass is 79.9. The third-order valence-corrected chi connectivity index (χ3v) is 3.59. The van der Waals surface area contributed by atoms with Gasteiger partial charge in [0, 0.05) is 28.1 Å². The van der Waals surface area contributed by atoms with Crippen molar-refractivity contribution in [3.05, 3.63) is 38.3 Å². The molecule has 0 radical (unpaired) electrons. The Hall–Kier alpha value is -0.940. The number of nitro benzene ring substituents is 1. The zero-order valence-corrected chi connectivity index (χ0v) is 11.8. The van der Waals surface area contributed by atoms with Crippen LogP contribution >= 0.6 is 15.9 Å². The topological polar surface area (TPSA) is 55.2 Å². The van der Waals surface area contributed by atoms with E-state index in [1.165, 1.54) is 0 Å². The molecule has 17 heavy (non-hydrogen) atoms. The smallest absolute Gasteiger partial charge is 0.274 e. The molecule has 2 unspecified atom stereocenters. The number of likely N-dealkylation sites (N-methyl/N-ethyl adjacent to an activating group) is 1. The molecule has 1 aromatic carbocycles. The van der Waals surface area contributed by atoms with E-state index >= 15 is 0 Å². The van der Waals surface area contributed by atoms with Crippen LogP contribution in [0.25, 0.3) is 0 Å². The predicted molar refractivity (Wildman–Crippen MR) is 72.4 cm³/mol. The van der Waals surface area contributed by atoms with Crippen molar-refractivity contribution in [1.82, 2.24) is 5.32 Å². The van der Waals surface area contributed by atoms with Crippen LogP contribution in [0.5, 0.6) is 0 Å². The lowest BCUT2D eigenvalue weighted by Gasteiger charge is -2.22. The lowest BCUT2D eigenvalue weighted by Crippen LogP contribution is -2.30. The molecule has 0 fully saturated rings. The second-order valence-corrected chi connectivity index (χ2v) is 4.97. The molecule has 94 valence electrons. The van der Waals surface area contributed by atoms with E-state index in [1.54, 1.807) is 6.07 Å². The highest BCUT2D eigenvalue weighted by Gasteiger charge is 2.23. The third kappa shape index (κ3) is 3.26. The summed E-state index contributed by atoms with van der Waals surface area (Å²) in [7, 11) is 1.88. The van der Waals surface area contributed by atoms with Crippen molar-refractivity contribution in [2.45, 2.75) is 32.2 Å². The summed E-state index contributed by atoms with van der Waals surface area (Å²) < 4.78 is 0.734. The van der Waals surface area contributed by atoms with E-state index in [2.05, 4.69) is 28.2 Å². The fraction of sp³-hybridized carbons (Fsp3) is 0.500. The predicted octanol–water partition coefficient (Wildman–Crippen LogP) is 3.46. The molecule has 0 saturated carbocycles. The van der Waals surface area contributed by atoms with Crippen LogP contribution in [0.4, 0.5) is 5.69 Å². The SMILES string of the molecule is CCC(NC)C(C)c1ccc(Br)cc1[N+](=O)[O-]. The molecule has 0 spiro atoms. The van der Waals surface area contributed by atoms with Gasteiger partial charge in [0.2, 0.25) is 0 Å². The van der Waals surface area contributed by atoms with Gasteiger partial charge in [-0.1, -0.05) is 35.8 Å². The lowest BCUT2D eigenvalue weighted by molar-refractivity contribution is -0.385. The summed E-state index contributed by atoms with van der Waals surface area (Å²) >= 11 is 3.26. The van der Waals surface area contributed by atoms with Gasteiger partial charge in [0.15, 0.2) is 0 Å². The number of nitrogens with zero attached hydrogens (tertiary/aromatic N) is 1. The van der Waals surface area contributed by atoms with Crippen LogP contribution in [-0.4, -0.2) is 18.0 Å². The average Bonchev–Trinajstić information content (AvgIpc) is 2.30. The Balaban J connectivity index is 3.16. The summed E-state index contributed by atoms with van der Waals surface area (Å²) in [6.45, 7) is 4.09. The molecule has 0 aliphatic heterocycles. The van der Waals surface area contributed by atoms with Crippen molar-refractivity contribution in [3.8, 4) is 0 Å². The van der Waals surface area contributed by atoms with E-state index in [1.807, 2.05) is 26.1 Å². The van der Waals surface area contributed by atoms with Crippen molar-refractivity contribution >= 4 is 21.6 Å². The van der Waals surface area contributed by atoms with Gasteiger partial charge in [-0.3, -0.25) is 10.1 Å². The zero-order chi connectivity index (χ0) is 13.0. The molecule has 0 heterocycles. The normalized spacial score (nSPS) is 14.4. The highest BCUT2D eigenvalue weighted by Crippen LogP contribution is 2.31. The number of halogens is 1. The Bertz CT molecular complexity index is 405. The van der Waals surface area contributed by atoms with Crippen molar-refractivity contribution in [2.24, 2.45) is 0 Å². The van der Waals surface area contributed by atoms with Gasteiger partial charge in [0.1, 0.15) is 0 Å². The first-order valence-corrected chi connectivity index (χ1v) is 6.41. The van der Waals surface area contributed by atoms with Gasteiger partial charge in [0.05, 0.1) is 4.92 Å². The second-order valence-electron chi connectivity index (χ2n) is 4.05. The molecule has 1 aromatic rings. The molecule has 0 saturated heterocycles. The molecule has 4 nitrogen and oxygen atoms in total. The second kappa shape index (κ2) is 6.12. The maximum Gasteiger partial charge on any atom is 0.274 e. The van der Waals surface area contributed by atoms with E-state index in [4.69, 9.17) is 0 Å². The lowest BCUT2D eigenvalue weighted by atomic mass is 9.90. The first-order chi connectivity index (χ1) is 8.01. The maximum absolute atomic E-state index is 11.0. The van der Waals surface area contributed by atoms with Gasteiger partial charge >= 0.3 is 0 Å². The highest BCUT2D eigenvalue weighted by molar-refractivity contribution is 9.10. The van der Waals surface area contributed by atoms with Gasteiger partial charge in [-0.05, 0) is 19.5 Å². The van der Waals surface area contributed by atoms with Crippen LogP contribution in [0.15, 0.2) is 22.7 Å². The Morgan fingerprint density at radius 1 is 1.53 bits per heavy atom. The average molecular weight is 301 g/mol. The van der Waals surface area contributed by atoms with Crippen molar-refractivity contribution in [3.63, 3.8) is 0 Å². The van der Waals surface area contributed by atoms with Crippen LogP contribution in [0.2, 0.25) is 0 Å². The van der Waals surface area contributed by atoms with Gasteiger partial charge in [-0.25, -0.2) is 0 Å². The fourth-order valence-electron chi connectivity index (χ4n) is 2.08. The van der Waals surface area contributed by atoms with E-state index < -0.39 is 0 Å². The molecule has 2 atom stereocenters. The van der Waals surface area contributed by atoms with Crippen LogP contribution in [-0.2, 0) is 0 Å². The summed E-state index contributed by atoms with van der Waals surface area (Å²) in [4.78, 5) is 10.7. The quantitative estimate of drug-likeness (QED) is 0.669. The fourth-order valence-corrected chi connectivity index (χ4v) is 2.43. The molecule has 0 aliphatic rings. The van der Waals surface area contributed by atoms with Gasteiger partial charge in [-0.15, -0.1) is 0 Å². The Labute approximate surface area is 110 Å². The Morgan fingerprint density at radius 3 is 2.65 bits per heavy atom. The largest absolute Gasteiger partial charge is 0.316 e. The molecule has 0 aromatic heterocycles. The summed E-state index contributed by atoms with van der Waals surface area (Å²) in [6, 6.07) is 5.48. The van der Waals surface area contributed by atoms with Crippen LogP contribution in [0.1, 0.15) is 31.7 Å². The van der Waals surface area contributed by atoms with Crippen LogP contribution in [0.3, 0.4) is 0 Å². The Morgan fingerprint density at radius 2 is 2.18 bits per heavy atom. The first kappa shape index (κ1) is 14.1. The molecule has 0 bridgehead atoms. The van der Waals surface area contributed by atoms with E-state index in [-0.39, 0.29) is 22.6 Å². The van der Waals surface area contributed by atoms with Crippen LogP contribution in [0, 0.1) is 10.1 Å². The van der Waals surface area contributed by atoms with Crippen molar-refractivity contribution in [2.75, 3.05) is 7.05 Å². The number of nitrogens with one attached hydrogen (secondary N) is 1. The summed E-state index contributed by atoms with van der Waals surface area (Å²) in [5, 5.41) is 14.2. The van der Waals surface area contributed by atoms with Crippen LogP contribution < -0.4 is 5.32 Å². The minimum Gasteiger partial charge on any atom is -0.316 e. The summed E-state index contributed by atoms with van der Waals surface area (Å²) in [5.41, 5.74) is 0.958. The van der Waals surface area contributed by atoms with Gasteiger partial charge < -0.3 is 5.32 Å².